The van der Waals surface area contributed by atoms with E-state index in [0.717, 1.165) is 30.4 Å². The molecule has 0 saturated carbocycles. The normalized spacial score (nSPS) is 22.4. The van der Waals surface area contributed by atoms with Gasteiger partial charge in [0.25, 0.3) is 0 Å². The van der Waals surface area contributed by atoms with Gasteiger partial charge in [-0.25, -0.2) is 9.59 Å². The largest absolute Gasteiger partial charge is 0.478 e. The number of allylic oxidation sites excluding steroid dienone is 8. The van der Waals surface area contributed by atoms with E-state index in [9.17, 15) is 14.4 Å². The molecular formula is C33H48O5. The minimum absolute atomic E-state index is 0.0764. The Kier molecular flexibility index (Phi) is 14.6. The molecule has 0 fully saturated rings. The van der Waals surface area contributed by atoms with Gasteiger partial charge in [-0.2, -0.15) is 0 Å². The topological polar surface area (TPSA) is 80.7 Å². The van der Waals surface area contributed by atoms with Crippen LogP contribution in [0.15, 0.2) is 71.4 Å². The van der Waals surface area contributed by atoms with Gasteiger partial charge in [0.2, 0.25) is 0 Å². The van der Waals surface area contributed by atoms with Gasteiger partial charge in [-0.3, -0.25) is 4.79 Å². The highest BCUT2D eigenvalue weighted by molar-refractivity contribution is 5.84. The van der Waals surface area contributed by atoms with Gasteiger partial charge in [0.15, 0.2) is 0 Å². The number of hydrogen-bond acceptors (Lipinski definition) is 4. The van der Waals surface area contributed by atoms with Gasteiger partial charge in [0.05, 0.1) is 0 Å². The summed E-state index contributed by atoms with van der Waals surface area (Å²) in [6.45, 7) is 16.2. The van der Waals surface area contributed by atoms with Crippen LogP contribution in [0.3, 0.4) is 0 Å². The second kappa shape index (κ2) is 16.8. The summed E-state index contributed by atoms with van der Waals surface area (Å²) >= 11 is 0. The molecule has 1 heterocycles. The maximum Gasteiger partial charge on any atom is 0.331 e. The number of esters is 1. The Labute approximate surface area is 230 Å². The van der Waals surface area contributed by atoms with Gasteiger partial charge >= 0.3 is 11.9 Å². The van der Waals surface area contributed by atoms with E-state index >= 15 is 0 Å². The average Bonchev–Trinajstić information content (AvgIpc) is 2.82. The fourth-order valence-electron chi connectivity index (χ4n) is 4.85. The lowest BCUT2D eigenvalue weighted by atomic mass is 9.85. The van der Waals surface area contributed by atoms with Crippen LogP contribution in [0.4, 0.5) is 0 Å². The number of Topliss-reactive ketones (excluding diaryl/α,β-unsaturated/α-hetero) is 1. The molecule has 0 bridgehead atoms. The predicted molar refractivity (Wildman–Crippen MR) is 156 cm³/mol. The van der Waals surface area contributed by atoms with Gasteiger partial charge in [-0.15, -0.1) is 0 Å². The van der Waals surface area contributed by atoms with Crippen LogP contribution >= 0.6 is 0 Å². The summed E-state index contributed by atoms with van der Waals surface area (Å²) in [5.41, 5.74) is 3.11. The van der Waals surface area contributed by atoms with Gasteiger partial charge in [-0.1, -0.05) is 94.7 Å². The number of carboxylic acid groups (broad SMARTS) is 1. The van der Waals surface area contributed by atoms with E-state index in [1.807, 2.05) is 52.8 Å². The second-order valence-electron chi connectivity index (χ2n) is 11.1. The summed E-state index contributed by atoms with van der Waals surface area (Å²) in [6, 6.07) is 0. The monoisotopic (exact) mass is 524 g/mol. The first kappa shape index (κ1) is 33.1. The highest BCUT2D eigenvalue weighted by Crippen LogP contribution is 2.23. The van der Waals surface area contributed by atoms with Gasteiger partial charge in [0.1, 0.15) is 11.9 Å². The number of aliphatic carboxylic acids is 1. The van der Waals surface area contributed by atoms with E-state index in [0.29, 0.717) is 12.3 Å². The third kappa shape index (κ3) is 13.0. The number of carbonyl (C=O) groups is 3. The molecule has 0 unspecified atom stereocenters. The van der Waals surface area contributed by atoms with Crippen molar-refractivity contribution >= 4 is 17.7 Å². The molecule has 6 atom stereocenters. The lowest BCUT2D eigenvalue weighted by Gasteiger charge is -2.21. The lowest BCUT2D eigenvalue weighted by molar-refractivity contribution is -0.143. The number of ketones is 1. The van der Waals surface area contributed by atoms with Gasteiger partial charge in [-0.05, 0) is 57.4 Å². The van der Waals surface area contributed by atoms with Crippen LogP contribution < -0.4 is 0 Å². The van der Waals surface area contributed by atoms with Crippen molar-refractivity contribution in [2.24, 2.45) is 29.6 Å². The molecule has 1 N–H and O–H groups in total. The van der Waals surface area contributed by atoms with Gasteiger partial charge < -0.3 is 9.84 Å². The Balaban J connectivity index is 2.62. The molecule has 210 valence electrons. The summed E-state index contributed by atoms with van der Waals surface area (Å²) < 4.78 is 5.40. The van der Waals surface area contributed by atoms with Crippen LogP contribution in [0.1, 0.15) is 81.1 Å². The molecule has 0 saturated heterocycles. The fourth-order valence-corrected chi connectivity index (χ4v) is 4.85. The zero-order chi connectivity index (χ0) is 28.8. The van der Waals surface area contributed by atoms with Crippen molar-refractivity contribution in [3.05, 3.63) is 71.4 Å². The third-order valence-corrected chi connectivity index (χ3v) is 6.85. The van der Waals surface area contributed by atoms with E-state index in [1.54, 1.807) is 0 Å². The first-order valence-electron chi connectivity index (χ1n) is 13.9. The average molecular weight is 525 g/mol. The van der Waals surface area contributed by atoms with E-state index in [1.165, 1.54) is 17.7 Å². The van der Waals surface area contributed by atoms with Crippen LogP contribution in [0, 0.1) is 29.6 Å². The standard InChI is InChI=1S/C33H48O5/c1-9-29(14-15-30-26(6)13-16-32(36)38-30)20-23(3)12-10-11-22(2)18-27(7)33(37)28(8)19-24(4)17-25(5)21-31(34)35/h10-11,13-16,18,20-21,23-24,26-28,30H,9,12,17,19H2,1-8H3,(H,34,35)/b11-10+,15-14+,22-18+,25-21+,29-20-/t23-,24+,26+,27-,28+,30+/m1/s1. The number of carbonyl (C=O) groups excluding carboxylic acids is 2. The SMILES string of the molecule is CCC(=C/[C@H](C)C/C=C/C(C)=C/[C@@H](C)C(=O)[C@@H](C)C[C@@H](C)C/C(C)=C/C(=O)O)/C=C/[C@@H]1OC(=O)C=C[C@@H]1C. The number of cyclic esters (lactones) is 1. The summed E-state index contributed by atoms with van der Waals surface area (Å²) in [7, 11) is 0. The van der Waals surface area contributed by atoms with Crippen LogP contribution in [-0.2, 0) is 19.1 Å². The molecule has 0 radical (unpaired) electrons. The maximum absolute atomic E-state index is 12.9. The van der Waals surface area contributed by atoms with Crippen molar-refractivity contribution < 1.29 is 24.2 Å². The fraction of sp³-hybridized carbons (Fsp3) is 0.545. The molecule has 5 nitrogen and oxygen atoms in total. The van der Waals surface area contributed by atoms with Crippen LogP contribution in [0.5, 0.6) is 0 Å². The van der Waals surface area contributed by atoms with Crippen molar-refractivity contribution in [1.29, 1.82) is 0 Å². The number of carboxylic acids is 1. The zero-order valence-corrected chi connectivity index (χ0v) is 24.6. The smallest absolute Gasteiger partial charge is 0.331 e. The molecule has 38 heavy (non-hydrogen) atoms. The van der Waals surface area contributed by atoms with Crippen LogP contribution in [0.2, 0.25) is 0 Å². The summed E-state index contributed by atoms with van der Waals surface area (Å²) in [4.78, 5) is 35.2. The van der Waals surface area contributed by atoms with Crippen LogP contribution in [-0.4, -0.2) is 28.9 Å². The Hall–Kier alpha value is -2.95. The predicted octanol–water partition coefficient (Wildman–Crippen LogP) is 7.81. The first-order chi connectivity index (χ1) is 17.8. The number of rotatable bonds is 15. The Bertz CT molecular complexity index is 991. The molecule has 0 aliphatic carbocycles. The molecule has 1 rings (SSSR count). The van der Waals surface area contributed by atoms with Crippen molar-refractivity contribution in [2.75, 3.05) is 0 Å². The number of ether oxygens (including phenoxy) is 1. The minimum atomic E-state index is -0.926. The number of hydrogen-bond donors (Lipinski definition) is 1. The van der Waals surface area contributed by atoms with E-state index in [2.05, 4.69) is 45.1 Å². The quantitative estimate of drug-likeness (QED) is 0.134. The summed E-state index contributed by atoms with van der Waals surface area (Å²) in [5, 5.41) is 8.88. The van der Waals surface area contributed by atoms with E-state index in [-0.39, 0.29) is 41.5 Å². The molecule has 0 spiro atoms. The van der Waals surface area contributed by atoms with Gasteiger partial charge in [0, 0.05) is 29.9 Å². The van der Waals surface area contributed by atoms with Crippen LogP contribution in [0.25, 0.3) is 0 Å². The first-order valence-corrected chi connectivity index (χ1v) is 13.9. The maximum atomic E-state index is 12.9. The molecule has 1 aliphatic heterocycles. The highest BCUT2D eigenvalue weighted by atomic mass is 16.5. The molecule has 1 aliphatic rings. The van der Waals surface area contributed by atoms with Crippen molar-refractivity contribution in [3.63, 3.8) is 0 Å². The Morgan fingerprint density at radius 2 is 1.79 bits per heavy atom. The summed E-state index contributed by atoms with van der Waals surface area (Å²) in [5.74, 6) is -0.476. The molecule has 0 aromatic heterocycles. The molecular weight excluding hydrogens is 476 g/mol. The molecule has 0 aromatic carbocycles. The Morgan fingerprint density at radius 1 is 1.11 bits per heavy atom. The Morgan fingerprint density at radius 3 is 2.42 bits per heavy atom. The molecule has 0 aromatic rings. The second-order valence-corrected chi connectivity index (χ2v) is 11.1. The van der Waals surface area contributed by atoms with Crippen molar-refractivity contribution in [3.8, 4) is 0 Å². The lowest BCUT2D eigenvalue weighted by Crippen LogP contribution is -2.25. The van der Waals surface area contributed by atoms with E-state index < -0.39 is 5.97 Å². The molecule has 0 amide bonds. The van der Waals surface area contributed by atoms with Crippen molar-refractivity contribution in [1.82, 2.24) is 0 Å². The minimum Gasteiger partial charge on any atom is -0.478 e. The highest BCUT2D eigenvalue weighted by Gasteiger charge is 2.21. The molecule has 5 heteroatoms. The van der Waals surface area contributed by atoms with E-state index in [4.69, 9.17) is 9.84 Å². The summed E-state index contributed by atoms with van der Waals surface area (Å²) in [6.07, 6.45) is 20.2. The zero-order valence-electron chi connectivity index (χ0n) is 24.6. The van der Waals surface area contributed by atoms with Crippen molar-refractivity contribution in [2.45, 2.75) is 87.2 Å². The third-order valence-electron chi connectivity index (χ3n) is 6.85.